The average Bonchev–Trinajstić information content (AvgIpc) is 2.48. The first kappa shape index (κ1) is 15.9. The van der Waals surface area contributed by atoms with E-state index in [4.69, 9.17) is 17.3 Å². The highest BCUT2D eigenvalue weighted by Gasteiger charge is 2.20. The lowest BCUT2D eigenvalue weighted by Crippen LogP contribution is -2.37. The van der Waals surface area contributed by atoms with Crippen molar-refractivity contribution >= 4 is 17.5 Å². The third-order valence-corrected chi connectivity index (χ3v) is 4.22. The van der Waals surface area contributed by atoms with Crippen molar-refractivity contribution in [2.75, 3.05) is 6.54 Å². The van der Waals surface area contributed by atoms with E-state index in [1.807, 2.05) is 0 Å². The first-order chi connectivity index (χ1) is 10.1. The molecular weight excluding hydrogens is 284 g/mol. The number of nitrogens with two attached hydrogens (primary N) is 1. The van der Waals surface area contributed by atoms with E-state index >= 15 is 0 Å². The molecule has 112 valence electrons. The van der Waals surface area contributed by atoms with E-state index in [0.717, 1.165) is 18.8 Å². The van der Waals surface area contributed by atoms with Crippen LogP contribution in [0, 0.1) is 17.8 Å². The van der Waals surface area contributed by atoms with Crippen molar-refractivity contribution in [1.82, 2.24) is 5.32 Å². The topological polar surface area (TPSA) is 55.1 Å². The number of nitrogens with one attached hydrogen (secondary N) is 1. The van der Waals surface area contributed by atoms with Crippen molar-refractivity contribution in [3.63, 3.8) is 0 Å². The summed E-state index contributed by atoms with van der Waals surface area (Å²) in [5, 5.41) is 3.58. The van der Waals surface area contributed by atoms with Crippen molar-refractivity contribution in [3.8, 4) is 11.8 Å². The maximum Gasteiger partial charge on any atom is 0.251 e. The van der Waals surface area contributed by atoms with Crippen LogP contribution in [0.15, 0.2) is 18.2 Å². The Hall–Kier alpha value is -1.50. The van der Waals surface area contributed by atoms with Crippen LogP contribution in [-0.4, -0.2) is 18.5 Å². The third kappa shape index (κ3) is 4.49. The van der Waals surface area contributed by atoms with Crippen LogP contribution in [-0.2, 0) is 0 Å². The number of carbonyl (C=O) groups is 1. The molecule has 4 heteroatoms. The molecule has 21 heavy (non-hydrogen) atoms. The lowest BCUT2D eigenvalue weighted by Gasteiger charge is -2.26. The van der Waals surface area contributed by atoms with Crippen molar-refractivity contribution < 1.29 is 4.79 Å². The van der Waals surface area contributed by atoms with E-state index in [9.17, 15) is 4.79 Å². The first-order valence-electron chi connectivity index (χ1n) is 7.39. The fourth-order valence-corrected chi connectivity index (χ4v) is 2.80. The second-order valence-electron chi connectivity index (χ2n) is 5.63. The fraction of sp³-hybridized carbons (Fsp3) is 0.471. The number of hydrogen-bond acceptors (Lipinski definition) is 2. The largest absolute Gasteiger partial charge is 0.349 e. The molecule has 1 aliphatic rings. The molecule has 3 N–H and O–H groups in total. The second-order valence-corrected chi connectivity index (χ2v) is 6.04. The molecule has 1 fully saturated rings. The van der Waals surface area contributed by atoms with Gasteiger partial charge in [-0.05, 0) is 49.8 Å². The van der Waals surface area contributed by atoms with Crippen LogP contribution >= 0.6 is 11.6 Å². The van der Waals surface area contributed by atoms with E-state index in [1.165, 1.54) is 12.8 Å². The van der Waals surface area contributed by atoms with Gasteiger partial charge in [0, 0.05) is 17.2 Å². The summed E-state index contributed by atoms with van der Waals surface area (Å²) >= 11 is 6.15. The smallest absolute Gasteiger partial charge is 0.251 e. The Balaban J connectivity index is 2.01. The summed E-state index contributed by atoms with van der Waals surface area (Å²) in [6.07, 6.45) is 4.47. The Morgan fingerprint density at radius 2 is 2.10 bits per heavy atom. The van der Waals surface area contributed by atoms with E-state index in [2.05, 4.69) is 24.1 Å². The molecule has 0 atom stereocenters. The molecule has 0 aromatic heterocycles. The average molecular weight is 305 g/mol. The van der Waals surface area contributed by atoms with Gasteiger partial charge in [-0.1, -0.05) is 30.4 Å². The quantitative estimate of drug-likeness (QED) is 0.825. The zero-order chi connectivity index (χ0) is 15.2. The van der Waals surface area contributed by atoms with Gasteiger partial charge in [0.2, 0.25) is 0 Å². The predicted molar refractivity (Wildman–Crippen MR) is 86.3 cm³/mol. The second kappa shape index (κ2) is 7.49. The summed E-state index contributed by atoms with van der Waals surface area (Å²) < 4.78 is 0. The monoisotopic (exact) mass is 304 g/mol. The van der Waals surface area contributed by atoms with Crippen molar-refractivity contribution in [2.45, 2.75) is 38.6 Å². The molecule has 2 rings (SSSR count). The van der Waals surface area contributed by atoms with Gasteiger partial charge in [-0.25, -0.2) is 0 Å². The Labute approximate surface area is 131 Å². The molecule has 0 bridgehead atoms. The summed E-state index contributed by atoms with van der Waals surface area (Å²) in [4.78, 5) is 12.2. The summed E-state index contributed by atoms with van der Waals surface area (Å²) in [6, 6.07) is 5.48. The number of rotatable bonds is 2. The van der Waals surface area contributed by atoms with Crippen LogP contribution in [0.1, 0.15) is 48.5 Å². The van der Waals surface area contributed by atoms with Gasteiger partial charge < -0.3 is 11.1 Å². The van der Waals surface area contributed by atoms with Gasteiger partial charge in [-0.3, -0.25) is 4.79 Å². The molecule has 0 aliphatic heterocycles. The normalized spacial score (nSPS) is 21.3. The van der Waals surface area contributed by atoms with Crippen LogP contribution in [0.3, 0.4) is 0 Å². The van der Waals surface area contributed by atoms with Crippen LogP contribution in [0.2, 0.25) is 5.02 Å². The summed E-state index contributed by atoms with van der Waals surface area (Å²) in [5.41, 5.74) is 6.62. The molecule has 0 heterocycles. The van der Waals surface area contributed by atoms with E-state index in [0.29, 0.717) is 22.7 Å². The minimum Gasteiger partial charge on any atom is -0.349 e. The molecule has 0 radical (unpaired) electrons. The summed E-state index contributed by atoms with van der Waals surface area (Å²) in [7, 11) is 0. The lowest BCUT2D eigenvalue weighted by molar-refractivity contribution is 0.0923. The number of halogens is 1. The number of benzene rings is 1. The molecule has 1 saturated carbocycles. The highest BCUT2D eigenvalue weighted by molar-refractivity contribution is 6.32. The molecule has 0 unspecified atom stereocenters. The highest BCUT2D eigenvalue weighted by atomic mass is 35.5. The van der Waals surface area contributed by atoms with Gasteiger partial charge in [0.05, 0.1) is 11.6 Å². The molecule has 1 aromatic carbocycles. The maximum absolute atomic E-state index is 12.2. The van der Waals surface area contributed by atoms with Gasteiger partial charge in [0.1, 0.15) is 0 Å². The Morgan fingerprint density at radius 3 is 2.71 bits per heavy atom. The first-order valence-corrected chi connectivity index (χ1v) is 7.77. The molecule has 1 aromatic rings. The zero-order valence-corrected chi connectivity index (χ0v) is 13.0. The molecule has 0 saturated heterocycles. The molecule has 0 spiro atoms. The minimum absolute atomic E-state index is 0.0604. The SMILES string of the molecule is CC1CCC(NC(=O)c2ccc(C#CCN)c(Cl)c2)CC1. The fourth-order valence-electron chi connectivity index (χ4n) is 2.58. The van der Waals surface area contributed by atoms with Gasteiger partial charge in [0.15, 0.2) is 0 Å². The van der Waals surface area contributed by atoms with E-state index < -0.39 is 0 Å². The van der Waals surface area contributed by atoms with Crippen molar-refractivity contribution in [3.05, 3.63) is 34.3 Å². The molecular formula is C17H21ClN2O. The van der Waals surface area contributed by atoms with Gasteiger partial charge in [0.25, 0.3) is 5.91 Å². The Kier molecular flexibility index (Phi) is 5.67. The third-order valence-electron chi connectivity index (χ3n) is 3.91. The Bertz CT molecular complexity index is 566. The number of amides is 1. The maximum atomic E-state index is 12.2. The predicted octanol–water partition coefficient (Wildman–Crippen LogP) is 2.96. The van der Waals surface area contributed by atoms with Gasteiger partial charge >= 0.3 is 0 Å². The van der Waals surface area contributed by atoms with Crippen LogP contribution in [0.25, 0.3) is 0 Å². The lowest BCUT2D eigenvalue weighted by atomic mass is 9.87. The van der Waals surface area contributed by atoms with Gasteiger partial charge in [-0.15, -0.1) is 0 Å². The molecule has 1 aliphatic carbocycles. The van der Waals surface area contributed by atoms with Crippen LogP contribution < -0.4 is 11.1 Å². The molecule has 1 amide bonds. The number of hydrogen-bond donors (Lipinski definition) is 2. The van der Waals surface area contributed by atoms with E-state index in [-0.39, 0.29) is 11.9 Å². The summed E-state index contributed by atoms with van der Waals surface area (Å²) in [6.45, 7) is 2.55. The minimum atomic E-state index is -0.0604. The Morgan fingerprint density at radius 1 is 1.38 bits per heavy atom. The summed E-state index contributed by atoms with van der Waals surface area (Å²) in [5.74, 6) is 6.35. The van der Waals surface area contributed by atoms with Crippen molar-refractivity contribution in [1.29, 1.82) is 0 Å². The highest BCUT2D eigenvalue weighted by Crippen LogP contribution is 2.24. The van der Waals surface area contributed by atoms with Crippen LogP contribution in [0.5, 0.6) is 0 Å². The van der Waals surface area contributed by atoms with Crippen molar-refractivity contribution in [2.24, 2.45) is 11.7 Å². The van der Waals surface area contributed by atoms with Gasteiger partial charge in [-0.2, -0.15) is 0 Å². The zero-order valence-electron chi connectivity index (χ0n) is 12.3. The van der Waals surface area contributed by atoms with Crippen LogP contribution in [0.4, 0.5) is 0 Å². The van der Waals surface area contributed by atoms with E-state index in [1.54, 1.807) is 18.2 Å². The molecule has 3 nitrogen and oxygen atoms in total. The standard InChI is InChI=1S/C17H21ClN2O/c1-12-4-8-15(9-5-12)20-17(21)14-7-6-13(3-2-10-19)16(18)11-14/h6-7,11-12,15H,4-5,8-10,19H2,1H3,(H,20,21). The number of carbonyl (C=O) groups excluding carboxylic acids is 1.